The zero-order chi connectivity index (χ0) is 26.6. The molecular weight excluding hydrogens is 464 g/mol. The summed E-state index contributed by atoms with van der Waals surface area (Å²) in [7, 11) is 5.06. The molecule has 0 spiro atoms. The highest BCUT2D eigenvalue weighted by Crippen LogP contribution is 2.34. The Labute approximate surface area is 208 Å². The van der Waals surface area contributed by atoms with Crippen molar-refractivity contribution < 1.29 is 38.1 Å². The Hall–Kier alpha value is -4.46. The summed E-state index contributed by atoms with van der Waals surface area (Å²) < 4.78 is 19.4. The number of hydrogen-bond acceptors (Lipinski definition) is 8. The molecule has 0 amide bonds. The summed E-state index contributed by atoms with van der Waals surface area (Å²) in [4.78, 5) is 48.9. The summed E-state index contributed by atoms with van der Waals surface area (Å²) in [5, 5.41) is 0. The smallest absolute Gasteiger partial charge is 0.337 e. The highest BCUT2D eigenvalue weighted by Gasteiger charge is 2.19. The molecule has 0 atom stereocenters. The molecule has 0 saturated heterocycles. The second-order valence-corrected chi connectivity index (χ2v) is 8.05. The van der Waals surface area contributed by atoms with Crippen LogP contribution in [0.5, 0.6) is 0 Å². The number of carbonyl (C=O) groups excluding carboxylic acids is 4. The van der Waals surface area contributed by atoms with Crippen molar-refractivity contribution in [3.8, 4) is 22.3 Å². The molecule has 0 N–H and O–H groups in total. The molecule has 0 aliphatic heterocycles. The summed E-state index contributed by atoms with van der Waals surface area (Å²) in [6.45, 7) is 3.76. The van der Waals surface area contributed by atoms with Gasteiger partial charge >= 0.3 is 23.9 Å². The van der Waals surface area contributed by atoms with Crippen molar-refractivity contribution in [1.82, 2.24) is 0 Å². The van der Waals surface area contributed by atoms with E-state index >= 15 is 0 Å². The highest BCUT2D eigenvalue weighted by atomic mass is 16.5. The Morgan fingerprint density at radius 3 is 0.917 bits per heavy atom. The molecule has 36 heavy (non-hydrogen) atoms. The molecule has 0 heterocycles. The van der Waals surface area contributed by atoms with Crippen LogP contribution in [0.25, 0.3) is 22.3 Å². The van der Waals surface area contributed by atoms with Crippen LogP contribution in [0.2, 0.25) is 0 Å². The lowest BCUT2D eigenvalue weighted by Crippen LogP contribution is -2.08. The second kappa shape index (κ2) is 10.9. The summed E-state index contributed by atoms with van der Waals surface area (Å²) in [5.41, 5.74) is 5.33. The molecule has 0 bridgehead atoms. The third-order valence-electron chi connectivity index (χ3n) is 5.74. The van der Waals surface area contributed by atoms with Crippen LogP contribution in [0.1, 0.15) is 52.6 Å². The zero-order valence-corrected chi connectivity index (χ0v) is 20.9. The van der Waals surface area contributed by atoms with Gasteiger partial charge in [0, 0.05) is 0 Å². The van der Waals surface area contributed by atoms with Crippen molar-refractivity contribution in [2.24, 2.45) is 0 Å². The fraction of sp³-hybridized carbons (Fsp3) is 0.214. The molecule has 8 heteroatoms. The van der Waals surface area contributed by atoms with E-state index < -0.39 is 23.9 Å². The van der Waals surface area contributed by atoms with Crippen LogP contribution in [0.15, 0.2) is 48.5 Å². The predicted octanol–water partition coefficient (Wildman–Crippen LogP) is 4.78. The Morgan fingerprint density at radius 2 is 0.694 bits per heavy atom. The fourth-order valence-corrected chi connectivity index (χ4v) is 3.95. The minimum atomic E-state index is -0.581. The molecule has 3 aromatic rings. The average Bonchev–Trinajstić information content (AvgIpc) is 2.91. The van der Waals surface area contributed by atoms with E-state index in [2.05, 4.69) is 0 Å². The molecule has 0 unspecified atom stereocenters. The van der Waals surface area contributed by atoms with Gasteiger partial charge in [-0.2, -0.15) is 0 Å². The first kappa shape index (κ1) is 26.2. The van der Waals surface area contributed by atoms with Gasteiger partial charge in [0.1, 0.15) is 0 Å². The number of benzene rings is 3. The van der Waals surface area contributed by atoms with E-state index in [0.29, 0.717) is 11.1 Å². The number of ether oxygens (including phenoxy) is 4. The van der Waals surface area contributed by atoms with Gasteiger partial charge in [0.15, 0.2) is 0 Å². The van der Waals surface area contributed by atoms with E-state index in [1.54, 1.807) is 24.3 Å². The lowest BCUT2D eigenvalue weighted by molar-refractivity contribution is 0.0581. The maximum atomic E-state index is 12.2. The Kier molecular flexibility index (Phi) is 7.89. The van der Waals surface area contributed by atoms with E-state index in [9.17, 15) is 19.2 Å². The van der Waals surface area contributed by atoms with Crippen molar-refractivity contribution in [2.75, 3.05) is 28.4 Å². The quantitative estimate of drug-likeness (QED) is 0.359. The van der Waals surface area contributed by atoms with Crippen molar-refractivity contribution in [1.29, 1.82) is 0 Å². The van der Waals surface area contributed by atoms with Gasteiger partial charge in [0.2, 0.25) is 0 Å². The van der Waals surface area contributed by atoms with Gasteiger partial charge in [-0.05, 0) is 83.6 Å². The van der Waals surface area contributed by atoms with Crippen LogP contribution in [-0.4, -0.2) is 52.3 Å². The summed E-state index contributed by atoms with van der Waals surface area (Å²) in [6.07, 6.45) is 0. The molecule has 3 rings (SSSR count). The summed E-state index contributed by atoms with van der Waals surface area (Å²) in [5.74, 6) is -2.32. The number of carbonyl (C=O) groups is 4. The largest absolute Gasteiger partial charge is 0.465 e. The molecule has 0 saturated carbocycles. The molecular formula is C28H26O8. The van der Waals surface area contributed by atoms with Crippen molar-refractivity contribution in [3.05, 3.63) is 81.9 Å². The first-order valence-electron chi connectivity index (χ1n) is 10.9. The van der Waals surface area contributed by atoms with Crippen LogP contribution in [0.3, 0.4) is 0 Å². The Morgan fingerprint density at radius 1 is 0.444 bits per heavy atom. The number of aryl methyl sites for hydroxylation is 2. The van der Waals surface area contributed by atoms with E-state index in [-0.39, 0.29) is 22.3 Å². The molecule has 0 aliphatic rings. The minimum absolute atomic E-state index is 0.213. The minimum Gasteiger partial charge on any atom is -0.465 e. The molecule has 0 radical (unpaired) electrons. The van der Waals surface area contributed by atoms with Crippen LogP contribution in [0.4, 0.5) is 0 Å². The maximum Gasteiger partial charge on any atom is 0.337 e. The monoisotopic (exact) mass is 490 g/mol. The number of hydrogen-bond donors (Lipinski definition) is 0. The zero-order valence-electron chi connectivity index (χ0n) is 20.9. The lowest BCUT2D eigenvalue weighted by Gasteiger charge is -2.16. The Bertz CT molecular complexity index is 1200. The number of esters is 4. The summed E-state index contributed by atoms with van der Waals surface area (Å²) in [6, 6.07) is 13.2. The van der Waals surface area contributed by atoms with E-state index in [1.807, 2.05) is 26.0 Å². The topological polar surface area (TPSA) is 105 Å². The van der Waals surface area contributed by atoms with Crippen molar-refractivity contribution in [2.45, 2.75) is 13.8 Å². The van der Waals surface area contributed by atoms with E-state index in [4.69, 9.17) is 18.9 Å². The molecule has 0 aliphatic carbocycles. The van der Waals surface area contributed by atoms with Gasteiger partial charge in [0.25, 0.3) is 0 Å². The van der Waals surface area contributed by atoms with Gasteiger partial charge in [0.05, 0.1) is 50.7 Å². The van der Waals surface area contributed by atoms with Gasteiger partial charge < -0.3 is 18.9 Å². The molecule has 186 valence electrons. The van der Waals surface area contributed by atoms with Gasteiger partial charge in [-0.3, -0.25) is 0 Å². The van der Waals surface area contributed by atoms with Crippen LogP contribution in [-0.2, 0) is 18.9 Å². The Balaban J connectivity index is 2.20. The van der Waals surface area contributed by atoms with E-state index in [0.717, 1.165) is 22.3 Å². The molecule has 3 aromatic carbocycles. The van der Waals surface area contributed by atoms with Crippen LogP contribution < -0.4 is 0 Å². The van der Waals surface area contributed by atoms with E-state index in [1.165, 1.54) is 40.6 Å². The normalized spacial score (nSPS) is 10.4. The van der Waals surface area contributed by atoms with Gasteiger partial charge in [-0.1, -0.05) is 12.1 Å². The van der Waals surface area contributed by atoms with Crippen LogP contribution in [0, 0.1) is 13.8 Å². The van der Waals surface area contributed by atoms with Crippen molar-refractivity contribution in [3.63, 3.8) is 0 Å². The van der Waals surface area contributed by atoms with Crippen LogP contribution >= 0.6 is 0 Å². The summed E-state index contributed by atoms with van der Waals surface area (Å²) >= 11 is 0. The van der Waals surface area contributed by atoms with Gasteiger partial charge in [-0.15, -0.1) is 0 Å². The number of methoxy groups -OCH3 is 4. The molecule has 8 nitrogen and oxygen atoms in total. The number of rotatable bonds is 6. The van der Waals surface area contributed by atoms with Gasteiger partial charge in [-0.25, -0.2) is 19.2 Å². The predicted molar refractivity (Wildman–Crippen MR) is 132 cm³/mol. The maximum absolute atomic E-state index is 12.2. The molecule has 0 aromatic heterocycles. The van der Waals surface area contributed by atoms with Crippen molar-refractivity contribution >= 4 is 23.9 Å². The highest BCUT2D eigenvalue weighted by molar-refractivity contribution is 5.99. The SMILES string of the molecule is COC(=O)c1cc(C(=O)OC)cc(-c2cc(C)c(-c3cc(C(=O)OC)cc(C(=O)OC)c3)cc2C)c1. The average molecular weight is 491 g/mol. The fourth-order valence-electron chi connectivity index (χ4n) is 3.95. The first-order valence-corrected chi connectivity index (χ1v) is 10.9. The standard InChI is InChI=1S/C28H26O8/c1-15-7-24(18-11-21(27(31)35-5)14-22(12-18)28(32)36-6)16(2)8-23(15)17-9-19(25(29)33-3)13-20(10-17)26(30)34-4/h7-14H,1-6H3. The third kappa shape index (κ3) is 5.27. The lowest BCUT2D eigenvalue weighted by atomic mass is 9.89. The third-order valence-corrected chi connectivity index (χ3v) is 5.74. The molecule has 0 fully saturated rings. The second-order valence-electron chi connectivity index (χ2n) is 8.05. The first-order chi connectivity index (χ1) is 17.1.